The van der Waals surface area contributed by atoms with Crippen molar-refractivity contribution in [3.63, 3.8) is 0 Å². The number of fused-ring (bicyclic) bond motifs is 2. The molecule has 3 aromatic carbocycles. The minimum Gasteiger partial charge on any atom is -0.286 e. The normalized spacial score (nSPS) is 11.2. The maximum atomic E-state index is 13.3. The topological polar surface area (TPSA) is 39.8 Å². The van der Waals surface area contributed by atoms with Gasteiger partial charge in [0.1, 0.15) is 0 Å². The first kappa shape index (κ1) is 14.7. The first-order valence-corrected chi connectivity index (χ1v) is 8.46. The van der Waals surface area contributed by atoms with E-state index in [-0.39, 0.29) is 5.91 Å². The van der Waals surface area contributed by atoms with Crippen LogP contribution in [0.25, 0.3) is 27.9 Å². The van der Waals surface area contributed by atoms with Crippen molar-refractivity contribution in [2.24, 2.45) is 0 Å². The number of nitrogens with zero attached hydrogens (tertiary/aromatic N) is 3. The molecule has 2 aromatic heterocycles. The summed E-state index contributed by atoms with van der Waals surface area (Å²) in [7, 11) is 0. The third-order valence-electron chi connectivity index (χ3n) is 4.58. The summed E-state index contributed by atoms with van der Waals surface area (Å²) in [4.78, 5) is 18.0. The monoisotopic (exact) mass is 337 g/mol. The lowest BCUT2D eigenvalue weighted by Gasteiger charge is -2.09. The van der Waals surface area contributed by atoms with Crippen LogP contribution in [0.1, 0.15) is 10.4 Å². The first-order chi connectivity index (χ1) is 12.8. The maximum Gasteiger partial charge on any atom is 0.265 e. The molecule has 0 amide bonds. The van der Waals surface area contributed by atoms with Crippen LogP contribution in [0.4, 0.5) is 0 Å². The fourth-order valence-electron chi connectivity index (χ4n) is 3.34. The molecule has 0 aliphatic heterocycles. The Labute approximate surface area is 149 Å². The molecule has 26 heavy (non-hydrogen) atoms. The smallest absolute Gasteiger partial charge is 0.265 e. The Bertz CT molecular complexity index is 1250. The van der Waals surface area contributed by atoms with Crippen molar-refractivity contribution in [1.82, 2.24) is 14.1 Å². The van der Waals surface area contributed by atoms with E-state index < -0.39 is 0 Å². The van der Waals surface area contributed by atoms with Gasteiger partial charge in [-0.3, -0.25) is 9.36 Å². The number of hydrogen-bond acceptors (Lipinski definition) is 2. The van der Waals surface area contributed by atoms with Gasteiger partial charge < -0.3 is 0 Å². The number of para-hydroxylation sites is 3. The van der Waals surface area contributed by atoms with Gasteiger partial charge in [0.05, 0.1) is 16.6 Å². The maximum absolute atomic E-state index is 13.3. The number of carbonyl (C=O) groups is 1. The highest BCUT2D eigenvalue weighted by Gasteiger charge is 2.20. The van der Waals surface area contributed by atoms with Crippen LogP contribution in [-0.4, -0.2) is 20.0 Å². The standard InChI is InChI=1S/C22H15N3O/c26-21(17-9-2-1-3-10-17)25-20-13-7-5-11-18(20)23-22(25)24-15-14-16-8-4-6-12-19(16)24/h1-15H. The average molecular weight is 337 g/mol. The summed E-state index contributed by atoms with van der Waals surface area (Å²) in [5.41, 5.74) is 3.25. The Morgan fingerprint density at radius 1 is 0.731 bits per heavy atom. The minimum absolute atomic E-state index is 0.0907. The molecule has 0 aliphatic carbocycles. The van der Waals surface area contributed by atoms with E-state index in [0.717, 1.165) is 21.9 Å². The Morgan fingerprint density at radius 3 is 2.27 bits per heavy atom. The zero-order valence-electron chi connectivity index (χ0n) is 13.9. The molecule has 0 spiro atoms. The van der Waals surface area contributed by atoms with Crippen LogP contribution in [0.5, 0.6) is 0 Å². The van der Waals surface area contributed by atoms with Crippen molar-refractivity contribution in [1.29, 1.82) is 0 Å². The van der Waals surface area contributed by atoms with Gasteiger partial charge in [0.2, 0.25) is 5.95 Å². The molecular formula is C22H15N3O. The van der Waals surface area contributed by atoms with Gasteiger partial charge in [0, 0.05) is 17.1 Å². The molecule has 4 heteroatoms. The van der Waals surface area contributed by atoms with E-state index in [4.69, 9.17) is 4.98 Å². The second-order valence-corrected chi connectivity index (χ2v) is 6.15. The molecule has 0 unspecified atom stereocenters. The third kappa shape index (κ3) is 2.16. The van der Waals surface area contributed by atoms with E-state index >= 15 is 0 Å². The van der Waals surface area contributed by atoms with Crippen molar-refractivity contribution in [2.45, 2.75) is 0 Å². The van der Waals surface area contributed by atoms with Crippen molar-refractivity contribution >= 4 is 27.8 Å². The van der Waals surface area contributed by atoms with Crippen LogP contribution in [0, 0.1) is 0 Å². The molecule has 124 valence electrons. The van der Waals surface area contributed by atoms with Gasteiger partial charge in [-0.05, 0) is 36.4 Å². The lowest BCUT2D eigenvalue weighted by Crippen LogP contribution is -2.16. The summed E-state index contributed by atoms with van der Waals surface area (Å²) in [6.45, 7) is 0. The molecule has 0 radical (unpaired) electrons. The van der Waals surface area contributed by atoms with E-state index in [1.54, 1.807) is 4.57 Å². The predicted octanol–water partition coefficient (Wildman–Crippen LogP) is 4.67. The van der Waals surface area contributed by atoms with Crippen LogP contribution < -0.4 is 0 Å². The quantitative estimate of drug-likeness (QED) is 0.470. The molecule has 2 heterocycles. The summed E-state index contributed by atoms with van der Waals surface area (Å²) < 4.78 is 3.66. The van der Waals surface area contributed by atoms with Crippen molar-refractivity contribution in [3.8, 4) is 5.95 Å². The summed E-state index contributed by atoms with van der Waals surface area (Å²) in [5.74, 6) is 0.508. The number of imidazole rings is 1. The predicted molar refractivity (Wildman–Crippen MR) is 103 cm³/mol. The molecule has 5 rings (SSSR count). The highest BCUT2D eigenvalue weighted by molar-refractivity contribution is 6.03. The molecular weight excluding hydrogens is 322 g/mol. The first-order valence-electron chi connectivity index (χ1n) is 8.46. The van der Waals surface area contributed by atoms with E-state index in [1.807, 2.05) is 89.6 Å². The van der Waals surface area contributed by atoms with E-state index in [0.29, 0.717) is 11.5 Å². The van der Waals surface area contributed by atoms with Crippen molar-refractivity contribution in [2.75, 3.05) is 0 Å². The number of carbonyl (C=O) groups excluding carboxylic acids is 1. The fraction of sp³-hybridized carbons (Fsp3) is 0. The molecule has 0 aliphatic rings. The summed E-state index contributed by atoms with van der Waals surface area (Å²) in [6.07, 6.45) is 1.96. The van der Waals surface area contributed by atoms with Gasteiger partial charge in [0.25, 0.3) is 5.91 Å². The summed E-state index contributed by atoms with van der Waals surface area (Å²) in [6, 6.07) is 27.1. The third-order valence-corrected chi connectivity index (χ3v) is 4.58. The van der Waals surface area contributed by atoms with Crippen LogP contribution in [0.2, 0.25) is 0 Å². The van der Waals surface area contributed by atoms with Crippen LogP contribution in [0.15, 0.2) is 91.1 Å². The van der Waals surface area contributed by atoms with E-state index in [2.05, 4.69) is 6.07 Å². The van der Waals surface area contributed by atoms with E-state index in [1.165, 1.54) is 0 Å². The minimum atomic E-state index is -0.0907. The van der Waals surface area contributed by atoms with Crippen molar-refractivity contribution in [3.05, 3.63) is 96.7 Å². The number of benzene rings is 3. The largest absolute Gasteiger partial charge is 0.286 e. The lowest BCUT2D eigenvalue weighted by atomic mass is 10.2. The van der Waals surface area contributed by atoms with Gasteiger partial charge in [-0.25, -0.2) is 9.55 Å². The van der Waals surface area contributed by atoms with Gasteiger partial charge in [-0.2, -0.15) is 0 Å². The Hall–Kier alpha value is -3.66. The zero-order valence-corrected chi connectivity index (χ0v) is 13.9. The van der Waals surface area contributed by atoms with Crippen LogP contribution in [0.3, 0.4) is 0 Å². The molecule has 4 nitrogen and oxygen atoms in total. The fourth-order valence-corrected chi connectivity index (χ4v) is 3.34. The SMILES string of the molecule is O=C(c1ccccc1)n1c(-n2ccc3ccccc32)nc2ccccc21. The molecule has 0 saturated heterocycles. The number of hydrogen-bond donors (Lipinski definition) is 0. The van der Waals surface area contributed by atoms with Crippen LogP contribution in [-0.2, 0) is 0 Å². The summed E-state index contributed by atoms with van der Waals surface area (Å²) >= 11 is 0. The molecule has 0 N–H and O–H groups in total. The summed E-state index contributed by atoms with van der Waals surface area (Å²) in [5, 5.41) is 1.11. The Kier molecular flexibility index (Phi) is 3.22. The van der Waals surface area contributed by atoms with Gasteiger partial charge >= 0.3 is 0 Å². The molecule has 0 bridgehead atoms. The highest BCUT2D eigenvalue weighted by atomic mass is 16.2. The lowest BCUT2D eigenvalue weighted by molar-refractivity contribution is 0.0964. The van der Waals surface area contributed by atoms with Gasteiger partial charge in [-0.15, -0.1) is 0 Å². The number of aromatic nitrogens is 3. The average Bonchev–Trinajstić information content (AvgIpc) is 3.29. The van der Waals surface area contributed by atoms with Crippen LogP contribution >= 0.6 is 0 Å². The Morgan fingerprint density at radius 2 is 1.42 bits per heavy atom. The molecule has 0 atom stereocenters. The molecule has 0 fully saturated rings. The van der Waals surface area contributed by atoms with E-state index in [9.17, 15) is 4.79 Å². The van der Waals surface area contributed by atoms with Crippen molar-refractivity contribution < 1.29 is 4.79 Å². The van der Waals surface area contributed by atoms with Gasteiger partial charge in [-0.1, -0.05) is 48.5 Å². The highest BCUT2D eigenvalue weighted by Crippen LogP contribution is 2.25. The number of rotatable bonds is 2. The van der Waals surface area contributed by atoms with Gasteiger partial charge in [0.15, 0.2) is 0 Å². The Balaban J connectivity index is 1.82. The molecule has 0 saturated carbocycles. The second kappa shape index (κ2) is 5.70. The zero-order chi connectivity index (χ0) is 17.5. The molecule has 5 aromatic rings. The second-order valence-electron chi connectivity index (χ2n) is 6.15.